The highest BCUT2D eigenvalue weighted by Crippen LogP contribution is 2.15. The Morgan fingerprint density at radius 2 is 1.63 bits per heavy atom. The quantitative estimate of drug-likeness (QED) is 0.854. The number of rotatable bonds is 4. The van der Waals surface area contributed by atoms with Crippen molar-refractivity contribution in [1.82, 2.24) is 4.98 Å². The van der Waals surface area contributed by atoms with Gasteiger partial charge in [-0.15, -0.1) is 0 Å². The molecule has 0 bridgehead atoms. The fourth-order valence-electron chi connectivity index (χ4n) is 1.65. The van der Waals surface area contributed by atoms with Crippen molar-refractivity contribution in [1.29, 1.82) is 0 Å². The fraction of sp³-hybridized carbons (Fsp3) is 0.214. The van der Waals surface area contributed by atoms with Crippen molar-refractivity contribution in [2.24, 2.45) is 0 Å². The molecular formula is C14H13F3N2. The lowest BCUT2D eigenvalue weighted by Gasteiger charge is -2.07. The van der Waals surface area contributed by atoms with E-state index in [1.807, 2.05) is 31.2 Å². The van der Waals surface area contributed by atoms with Gasteiger partial charge in [0.25, 0.3) is 5.95 Å². The Hall–Kier alpha value is -2.04. The van der Waals surface area contributed by atoms with Gasteiger partial charge in [-0.1, -0.05) is 31.2 Å². The molecule has 1 N–H and O–H groups in total. The average molecular weight is 266 g/mol. The van der Waals surface area contributed by atoms with Crippen LogP contribution in [0.3, 0.4) is 0 Å². The van der Waals surface area contributed by atoms with Crippen LogP contribution in [0.25, 0.3) is 0 Å². The Labute approximate surface area is 109 Å². The van der Waals surface area contributed by atoms with Gasteiger partial charge < -0.3 is 5.32 Å². The summed E-state index contributed by atoms with van der Waals surface area (Å²) in [7, 11) is 0. The van der Waals surface area contributed by atoms with E-state index in [1.165, 1.54) is 5.56 Å². The van der Waals surface area contributed by atoms with Gasteiger partial charge in [-0.2, -0.15) is 9.37 Å². The molecule has 0 amide bonds. The van der Waals surface area contributed by atoms with Crippen LogP contribution in [-0.2, 0) is 13.0 Å². The summed E-state index contributed by atoms with van der Waals surface area (Å²) in [6.07, 6.45) is 0.938. The molecule has 0 spiro atoms. The van der Waals surface area contributed by atoms with E-state index >= 15 is 0 Å². The third kappa shape index (κ3) is 3.24. The highest BCUT2D eigenvalue weighted by Gasteiger charge is 2.11. The molecule has 1 aromatic carbocycles. The van der Waals surface area contributed by atoms with Crippen LogP contribution >= 0.6 is 0 Å². The summed E-state index contributed by atoms with van der Waals surface area (Å²) in [5, 5.41) is 2.64. The van der Waals surface area contributed by atoms with Crippen molar-refractivity contribution in [3.05, 3.63) is 59.0 Å². The molecule has 0 radical (unpaired) electrons. The monoisotopic (exact) mass is 266 g/mol. The summed E-state index contributed by atoms with van der Waals surface area (Å²) >= 11 is 0. The van der Waals surface area contributed by atoms with E-state index in [9.17, 15) is 13.2 Å². The number of aryl methyl sites for hydroxylation is 1. The number of nitrogens with zero attached hydrogens (tertiary/aromatic N) is 1. The van der Waals surface area contributed by atoms with Crippen molar-refractivity contribution in [2.45, 2.75) is 19.9 Å². The minimum atomic E-state index is -1.31. The molecule has 5 heteroatoms. The molecular weight excluding hydrogens is 253 g/mol. The number of pyridine rings is 1. The number of benzene rings is 1. The summed E-state index contributed by atoms with van der Waals surface area (Å²) in [6, 6.07) is 8.19. The Morgan fingerprint density at radius 3 is 2.26 bits per heavy atom. The zero-order valence-corrected chi connectivity index (χ0v) is 10.4. The van der Waals surface area contributed by atoms with Crippen molar-refractivity contribution in [2.75, 3.05) is 5.32 Å². The first kappa shape index (κ1) is 13.4. The lowest BCUT2D eigenvalue weighted by atomic mass is 10.1. The first-order valence-corrected chi connectivity index (χ1v) is 5.93. The average Bonchev–Trinajstić information content (AvgIpc) is 2.42. The van der Waals surface area contributed by atoms with Gasteiger partial charge in [-0.3, -0.25) is 0 Å². The van der Waals surface area contributed by atoms with Crippen LogP contribution in [0, 0.1) is 17.6 Å². The van der Waals surface area contributed by atoms with Gasteiger partial charge in [0, 0.05) is 12.6 Å². The molecule has 0 aliphatic heterocycles. The van der Waals surface area contributed by atoms with E-state index in [0.717, 1.165) is 12.0 Å². The maximum absolute atomic E-state index is 13.3. The number of nitrogens with one attached hydrogen (secondary N) is 1. The number of hydrogen-bond acceptors (Lipinski definition) is 2. The van der Waals surface area contributed by atoms with Gasteiger partial charge >= 0.3 is 0 Å². The highest BCUT2D eigenvalue weighted by atomic mass is 19.2. The number of aromatic nitrogens is 1. The molecule has 0 fully saturated rings. The van der Waals surface area contributed by atoms with E-state index in [2.05, 4.69) is 10.3 Å². The fourth-order valence-corrected chi connectivity index (χ4v) is 1.65. The Bertz CT molecular complexity index is 568. The van der Waals surface area contributed by atoms with Gasteiger partial charge in [0.2, 0.25) is 0 Å². The van der Waals surface area contributed by atoms with Crippen LogP contribution in [0.1, 0.15) is 18.1 Å². The zero-order valence-electron chi connectivity index (χ0n) is 10.4. The molecule has 2 nitrogen and oxygen atoms in total. The zero-order chi connectivity index (χ0) is 13.8. The van der Waals surface area contributed by atoms with Crippen LogP contribution in [-0.4, -0.2) is 4.98 Å². The molecule has 0 aliphatic rings. The minimum absolute atomic E-state index is 0.291. The second-order valence-corrected chi connectivity index (χ2v) is 4.12. The molecule has 1 aromatic heterocycles. The van der Waals surface area contributed by atoms with Gasteiger partial charge in [0.15, 0.2) is 17.5 Å². The number of halogens is 3. The van der Waals surface area contributed by atoms with E-state index < -0.39 is 17.6 Å². The lowest BCUT2D eigenvalue weighted by molar-refractivity contribution is 0.466. The predicted molar refractivity (Wildman–Crippen MR) is 67.3 cm³/mol. The first-order chi connectivity index (χ1) is 9.10. The topological polar surface area (TPSA) is 24.9 Å². The van der Waals surface area contributed by atoms with E-state index in [-0.39, 0.29) is 5.82 Å². The SMILES string of the molecule is CCc1ccc(CNc2nc(F)c(F)cc2F)cc1. The van der Waals surface area contributed by atoms with Gasteiger partial charge in [0.1, 0.15) is 0 Å². The van der Waals surface area contributed by atoms with Crippen LogP contribution in [0.15, 0.2) is 30.3 Å². The maximum Gasteiger partial charge on any atom is 0.251 e. The Kier molecular flexibility index (Phi) is 4.04. The number of hydrogen-bond donors (Lipinski definition) is 1. The summed E-state index contributed by atoms with van der Waals surface area (Å²) in [5.74, 6) is -3.82. The molecule has 100 valence electrons. The lowest BCUT2D eigenvalue weighted by Crippen LogP contribution is -2.06. The third-order valence-electron chi connectivity index (χ3n) is 2.78. The molecule has 0 atom stereocenters. The van der Waals surface area contributed by atoms with Crippen LogP contribution < -0.4 is 5.32 Å². The summed E-state index contributed by atoms with van der Waals surface area (Å²) < 4.78 is 38.9. The molecule has 0 aliphatic carbocycles. The largest absolute Gasteiger partial charge is 0.363 e. The maximum atomic E-state index is 13.3. The standard InChI is InChI=1S/C14H13F3N2/c1-2-9-3-5-10(6-4-9)8-18-14-12(16)7-11(15)13(17)19-14/h3-7H,2,8H2,1H3,(H,18,19). The Balaban J connectivity index is 2.07. The summed E-state index contributed by atoms with van der Waals surface area (Å²) in [6.45, 7) is 2.34. The second kappa shape index (κ2) is 5.73. The molecule has 0 unspecified atom stereocenters. The minimum Gasteiger partial charge on any atom is -0.363 e. The molecule has 0 saturated heterocycles. The summed E-state index contributed by atoms with van der Waals surface area (Å²) in [4.78, 5) is 3.19. The second-order valence-electron chi connectivity index (χ2n) is 4.12. The van der Waals surface area contributed by atoms with Gasteiger partial charge in [-0.05, 0) is 17.5 Å². The molecule has 19 heavy (non-hydrogen) atoms. The van der Waals surface area contributed by atoms with Crippen LogP contribution in [0.2, 0.25) is 0 Å². The van der Waals surface area contributed by atoms with Crippen molar-refractivity contribution < 1.29 is 13.2 Å². The molecule has 2 rings (SSSR count). The van der Waals surface area contributed by atoms with E-state index in [1.54, 1.807) is 0 Å². The summed E-state index contributed by atoms with van der Waals surface area (Å²) in [5.41, 5.74) is 2.10. The predicted octanol–water partition coefficient (Wildman–Crippen LogP) is 3.67. The van der Waals surface area contributed by atoms with E-state index in [4.69, 9.17) is 0 Å². The normalized spacial score (nSPS) is 10.5. The highest BCUT2D eigenvalue weighted by molar-refractivity contribution is 5.37. The van der Waals surface area contributed by atoms with Crippen LogP contribution in [0.5, 0.6) is 0 Å². The van der Waals surface area contributed by atoms with Gasteiger partial charge in [0.05, 0.1) is 0 Å². The molecule has 1 heterocycles. The van der Waals surface area contributed by atoms with Gasteiger partial charge in [-0.25, -0.2) is 8.78 Å². The van der Waals surface area contributed by atoms with Crippen molar-refractivity contribution in [3.8, 4) is 0 Å². The van der Waals surface area contributed by atoms with Crippen molar-refractivity contribution >= 4 is 5.82 Å². The number of anilines is 1. The Morgan fingerprint density at radius 1 is 1.00 bits per heavy atom. The van der Waals surface area contributed by atoms with E-state index in [0.29, 0.717) is 12.6 Å². The first-order valence-electron chi connectivity index (χ1n) is 5.93. The molecule has 0 saturated carbocycles. The van der Waals surface area contributed by atoms with Crippen molar-refractivity contribution in [3.63, 3.8) is 0 Å². The van der Waals surface area contributed by atoms with Crippen LogP contribution in [0.4, 0.5) is 19.0 Å². The molecule has 2 aromatic rings. The third-order valence-corrected chi connectivity index (χ3v) is 2.78. The smallest absolute Gasteiger partial charge is 0.251 e.